The first-order valence-electron chi connectivity index (χ1n) is 13.3. The summed E-state index contributed by atoms with van der Waals surface area (Å²) in [5, 5.41) is 1.53. The van der Waals surface area contributed by atoms with E-state index in [0.29, 0.717) is 25.1 Å². The Morgan fingerprint density at radius 3 is 2.25 bits per heavy atom. The highest BCUT2D eigenvalue weighted by Crippen LogP contribution is 2.39. The average molecular weight is 566 g/mol. The van der Waals surface area contributed by atoms with E-state index in [1.807, 2.05) is 60.7 Å². The molecular formula is C29H31N3O7S. The molecule has 3 amide bonds. The summed E-state index contributed by atoms with van der Waals surface area (Å²) in [6, 6.07) is 17.5. The van der Waals surface area contributed by atoms with Crippen molar-refractivity contribution in [1.82, 2.24) is 15.1 Å². The Kier molecular flexibility index (Phi) is 8.71. The fourth-order valence-corrected chi connectivity index (χ4v) is 7.04. The quantitative estimate of drug-likeness (QED) is 0.214. The maximum absolute atomic E-state index is 13.8. The maximum Gasteiger partial charge on any atom is 0.409 e. The monoisotopic (exact) mass is 565 g/mol. The third kappa shape index (κ3) is 5.71. The average Bonchev–Trinajstić information content (AvgIpc) is 2.99. The Morgan fingerprint density at radius 1 is 1.02 bits per heavy atom. The molecule has 2 aromatic rings. The predicted molar refractivity (Wildman–Crippen MR) is 146 cm³/mol. The van der Waals surface area contributed by atoms with Gasteiger partial charge in [0.25, 0.3) is 5.91 Å². The van der Waals surface area contributed by atoms with Gasteiger partial charge < -0.3 is 24.2 Å². The van der Waals surface area contributed by atoms with Crippen LogP contribution in [0.4, 0.5) is 4.79 Å². The van der Waals surface area contributed by atoms with Crippen LogP contribution in [0, 0.1) is 0 Å². The number of nitrogens with zero attached hydrogens (tertiary/aromatic N) is 2. The smallest absolute Gasteiger partial charge is 0.409 e. The largest absolute Gasteiger partial charge is 0.614 e. The standard InChI is InChI=1S/C29H31N3O7S/c33-19-30-23-26(34)32-24(28(35)39-25(20-10-4-1-5-11-20)21-12-6-2-7-13-21)22(18-40(37)27(23)32)14-17-38-29(36)31-15-8-3-9-16-31/h1-2,4-7,10-13,19,23,25,27H,3,8-9,14-18H2,(H,30,33)/t23?,27-,40?/m0/s1. The topological polar surface area (TPSA) is 128 Å². The van der Waals surface area contributed by atoms with Gasteiger partial charge in [0.05, 0.1) is 6.61 Å². The zero-order chi connectivity index (χ0) is 28.1. The molecule has 3 heterocycles. The number of piperidine rings is 1. The minimum absolute atomic E-state index is 0.00978. The first-order valence-corrected chi connectivity index (χ1v) is 14.7. The molecule has 0 radical (unpaired) electrons. The van der Waals surface area contributed by atoms with Gasteiger partial charge in [-0.2, -0.15) is 0 Å². The molecule has 0 bridgehead atoms. The van der Waals surface area contributed by atoms with Gasteiger partial charge in [0.15, 0.2) is 12.1 Å². The van der Waals surface area contributed by atoms with E-state index in [1.165, 1.54) is 0 Å². The summed E-state index contributed by atoms with van der Waals surface area (Å²) in [6.07, 6.45) is 2.23. The Hall–Kier alpha value is -3.83. The molecule has 2 aromatic carbocycles. The summed E-state index contributed by atoms with van der Waals surface area (Å²) in [6.45, 7) is 1.24. The van der Waals surface area contributed by atoms with Crippen LogP contribution in [0.5, 0.6) is 0 Å². The number of amides is 3. The number of rotatable bonds is 9. The van der Waals surface area contributed by atoms with Gasteiger partial charge in [-0.25, -0.2) is 9.59 Å². The van der Waals surface area contributed by atoms with Gasteiger partial charge >= 0.3 is 12.1 Å². The molecule has 10 nitrogen and oxygen atoms in total. The van der Waals surface area contributed by atoms with E-state index in [9.17, 15) is 23.7 Å². The van der Waals surface area contributed by atoms with Crippen molar-refractivity contribution in [2.75, 3.05) is 25.4 Å². The van der Waals surface area contributed by atoms with Crippen molar-refractivity contribution in [1.29, 1.82) is 0 Å². The number of nitrogens with one attached hydrogen (secondary N) is 1. The molecule has 2 saturated heterocycles. The molecule has 0 spiro atoms. The summed E-state index contributed by atoms with van der Waals surface area (Å²) >= 11 is -1.58. The van der Waals surface area contributed by atoms with Crippen molar-refractivity contribution in [2.24, 2.45) is 0 Å². The van der Waals surface area contributed by atoms with E-state index in [4.69, 9.17) is 9.47 Å². The molecule has 2 unspecified atom stereocenters. The van der Waals surface area contributed by atoms with Crippen LogP contribution in [0.3, 0.4) is 0 Å². The van der Waals surface area contributed by atoms with Crippen molar-refractivity contribution in [3.63, 3.8) is 0 Å². The van der Waals surface area contributed by atoms with Crippen LogP contribution in [-0.2, 0) is 35.0 Å². The second-order valence-electron chi connectivity index (χ2n) is 9.86. The second-order valence-corrected chi connectivity index (χ2v) is 11.4. The zero-order valence-electron chi connectivity index (χ0n) is 21.9. The fraction of sp³-hybridized carbons (Fsp3) is 0.379. The number of carbonyl (C=O) groups is 4. The highest BCUT2D eigenvalue weighted by Gasteiger charge is 2.60. The van der Waals surface area contributed by atoms with Crippen molar-refractivity contribution in [2.45, 2.75) is 43.2 Å². The van der Waals surface area contributed by atoms with Gasteiger partial charge in [0, 0.05) is 25.1 Å². The predicted octanol–water partition coefficient (Wildman–Crippen LogP) is 2.63. The molecule has 3 atom stereocenters. The first kappa shape index (κ1) is 27.7. The fourth-order valence-electron chi connectivity index (χ4n) is 5.30. The third-order valence-electron chi connectivity index (χ3n) is 7.32. The summed E-state index contributed by atoms with van der Waals surface area (Å²) in [5.74, 6) is -1.32. The van der Waals surface area contributed by atoms with E-state index in [2.05, 4.69) is 5.32 Å². The SMILES string of the molecule is O=CNC1C(=O)N2C(C(=O)OC(c3ccccc3)c3ccccc3)=C(CCOC(=O)N3CCCCC3)C[S+]([O-])[C@@H]12. The van der Waals surface area contributed by atoms with E-state index in [0.717, 1.165) is 35.3 Å². The lowest BCUT2D eigenvalue weighted by molar-refractivity contribution is -0.154. The van der Waals surface area contributed by atoms with E-state index < -0.39 is 46.7 Å². The number of benzene rings is 2. The summed E-state index contributed by atoms with van der Waals surface area (Å²) < 4.78 is 24.7. The molecule has 3 aliphatic rings. The van der Waals surface area contributed by atoms with E-state index in [1.54, 1.807) is 4.90 Å². The van der Waals surface area contributed by atoms with Crippen molar-refractivity contribution in [3.8, 4) is 0 Å². The van der Waals surface area contributed by atoms with Gasteiger partial charge in [-0.05, 0) is 41.6 Å². The summed E-state index contributed by atoms with van der Waals surface area (Å²) in [5.41, 5.74) is 1.88. The van der Waals surface area contributed by atoms with Crippen LogP contribution in [0.2, 0.25) is 0 Å². The Balaban J connectivity index is 1.41. The van der Waals surface area contributed by atoms with Crippen molar-refractivity contribution < 1.29 is 33.2 Å². The van der Waals surface area contributed by atoms with Crippen LogP contribution in [0.25, 0.3) is 0 Å². The maximum atomic E-state index is 13.8. The second kappa shape index (κ2) is 12.6. The number of β-lactam (4-membered cyclic amide) rings is 1. The molecule has 0 aliphatic carbocycles. The number of carbonyl (C=O) groups excluding carboxylic acids is 4. The van der Waals surface area contributed by atoms with E-state index in [-0.39, 0.29) is 24.5 Å². The molecule has 3 aliphatic heterocycles. The Morgan fingerprint density at radius 2 is 1.65 bits per heavy atom. The number of fused-ring (bicyclic) bond motifs is 1. The van der Waals surface area contributed by atoms with E-state index >= 15 is 0 Å². The minimum atomic E-state index is -1.58. The molecule has 210 valence electrons. The van der Waals surface area contributed by atoms with Gasteiger partial charge in [-0.1, -0.05) is 60.7 Å². The number of esters is 1. The van der Waals surface area contributed by atoms with Gasteiger partial charge in [0.2, 0.25) is 11.8 Å². The van der Waals surface area contributed by atoms with Crippen LogP contribution >= 0.6 is 0 Å². The number of ether oxygens (including phenoxy) is 2. The Bertz CT molecular complexity index is 1230. The van der Waals surface area contributed by atoms with Crippen molar-refractivity contribution >= 4 is 35.6 Å². The Labute approximate surface area is 235 Å². The summed E-state index contributed by atoms with van der Waals surface area (Å²) in [4.78, 5) is 53.3. The molecule has 5 rings (SSSR count). The molecule has 0 aromatic heterocycles. The molecule has 1 N–H and O–H groups in total. The van der Waals surface area contributed by atoms with Crippen molar-refractivity contribution in [3.05, 3.63) is 83.1 Å². The molecule has 40 heavy (non-hydrogen) atoms. The number of hydrogen-bond donors (Lipinski definition) is 1. The molecule has 0 saturated carbocycles. The lowest BCUT2D eigenvalue weighted by Gasteiger charge is -2.49. The van der Waals surface area contributed by atoms with Gasteiger partial charge in [-0.15, -0.1) is 0 Å². The third-order valence-corrected chi connectivity index (χ3v) is 8.97. The van der Waals surface area contributed by atoms with Gasteiger partial charge in [0.1, 0.15) is 11.4 Å². The number of likely N-dealkylation sites (tertiary alicyclic amines) is 1. The van der Waals surface area contributed by atoms with Gasteiger partial charge in [-0.3, -0.25) is 14.5 Å². The summed E-state index contributed by atoms with van der Waals surface area (Å²) in [7, 11) is 0. The molecule has 2 fully saturated rings. The number of hydrogen-bond acceptors (Lipinski definition) is 7. The van der Waals surface area contributed by atoms with Crippen LogP contribution in [0.1, 0.15) is 42.9 Å². The normalized spacial score (nSPS) is 22.4. The lowest BCUT2D eigenvalue weighted by atomic mass is 10.00. The lowest BCUT2D eigenvalue weighted by Crippen LogP contribution is -2.74. The van der Waals surface area contributed by atoms with Crippen LogP contribution in [0.15, 0.2) is 71.9 Å². The molecule has 11 heteroatoms. The first-order chi connectivity index (χ1) is 19.5. The highest BCUT2D eigenvalue weighted by molar-refractivity contribution is 7.92. The molecular weight excluding hydrogens is 534 g/mol. The zero-order valence-corrected chi connectivity index (χ0v) is 22.7. The van der Waals surface area contributed by atoms with Crippen LogP contribution < -0.4 is 5.32 Å². The van der Waals surface area contributed by atoms with Crippen LogP contribution in [-0.4, -0.2) is 75.6 Å². The highest BCUT2D eigenvalue weighted by atomic mass is 32.2. The minimum Gasteiger partial charge on any atom is -0.614 e.